The average molecular weight is 508 g/mol. The van der Waals surface area contributed by atoms with E-state index < -0.39 is 35.6 Å². The van der Waals surface area contributed by atoms with E-state index in [9.17, 15) is 19.8 Å². The molecule has 3 heterocycles. The molecular weight excluding hydrogens is 466 g/mol. The van der Waals surface area contributed by atoms with E-state index in [-0.39, 0.29) is 29.8 Å². The minimum Gasteiger partial charge on any atom is -0.458 e. The topological polar surface area (TPSA) is 109 Å². The Hall–Kier alpha value is -1.61. The molecule has 0 aliphatic carbocycles. The minimum absolute atomic E-state index is 0.0455. The third kappa shape index (κ3) is 6.59. The summed E-state index contributed by atoms with van der Waals surface area (Å²) < 4.78 is 11.9. The van der Waals surface area contributed by atoms with Gasteiger partial charge in [0.2, 0.25) is 0 Å². The van der Waals surface area contributed by atoms with E-state index in [2.05, 4.69) is 11.9 Å². The molecule has 0 saturated carbocycles. The first-order valence-electron chi connectivity index (χ1n) is 12.6. The summed E-state index contributed by atoms with van der Waals surface area (Å²) in [5.74, 6) is -1.55. The molecule has 0 amide bonds. The molecule has 0 aromatic carbocycles. The zero-order chi connectivity index (χ0) is 26.1. The second kappa shape index (κ2) is 10.8. The first-order chi connectivity index (χ1) is 16.2. The number of nitrogens with zero attached hydrogens (tertiary/aromatic N) is 1. The minimum atomic E-state index is -1.23. The van der Waals surface area contributed by atoms with E-state index in [1.54, 1.807) is 32.1 Å². The monoisotopic (exact) mass is 507 g/mol. The van der Waals surface area contributed by atoms with Crippen molar-refractivity contribution in [2.75, 3.05) is 0 Å². The Morgan fingerprint density at radius 2 is 1.91 bits per heavy atom. The maximum atomic E-state index is 13.2. The molecule has 2 fully saturated rings. The molecule has 7 atom stereocenters. The van der Waals surface area contributed by atoms with Crippen molar-refractivity contribution >= 4 is 29.2 Å². The van der Waals surface area contributed by atoms with Crippen LogP contribution in [0.25, 0.3) is 6.08 Å². The number of rotatable bonds is 2. The highest BCUT2D eigenvalue weighted by molar-refractivity contribution is 7.09. The van der Waals surface area contributed by atoms with E-state index in [4.69, 9.17) is 9.47 Å². The number of ketones is 1. The molecule has 2 N–H and O–H groups in total. The fourth-order valence-corrected chi connectivity index (χ4v) is 5.64. The van der Waals surface area contributed by atoms with Gasteiger partial charge in [-0.05, 0) is 51.2 Å². The Morgan fingerprint density at radius 1 is 1.23 bits per heavy atom. The summed E-state index contributed by atoms with van der Waals surface area (Å²) in [4.78, 5) is 30.6. The molecule has 196 valence electrons. The Labute approximate surface area is 212 Å². The molecule has 2 aliphatic rings. The van der Waals surface area contributed by atoms with Crippen molar-refractivity contribution in [1.29, 1.82) is 0 Å². The van der Waals surface area contributed by atoms with Crippen LogP contribution >= 0.6 is 11.3 Å². The lowest BCUT2D eigenvalue weighted by molar-refractivity contribution is -0.154. The van der Waals surface area contributed by atoms with Crippen LogP contribution < -0.4 is 0 Å². The van der Waals surface area contributed by atoms with Crippen LogP contribution in [0.4, 0.5) is 0 Å². The fraction of sp³-hybridized carbons (Fsp3) is 0.741. The maximum absolute atomic E-state index is 13.2. The maximum Gasteiger partial charge on any atom is 0.309 e. The Kier molecular flexibility index (Phi) is 8.62. The molecule has 0 spiro atoms. The van der Waals surface area contributed by atoms with Gasteiger partial charge < -0.3 is 19.7 Å². The molecule has 35 heavy (non-hydrogen) atoms. The molecule has 2 saturated heterocycles. The van der Waals surface area contributed by atoms with E-state index in [0.29, 0.717) is 6.42 Å². The third-order valence-corrected chi connectivity index (χ3v) is 8.72. The highest BCUT2D eigenvalue weighted by atomic mass is 32.1. The Bertz CT molecular complexity index is 955. The smallest absolute Gasteiger partial charge is 0.309 e. The lowest BCUT2D eigenvalue weighted by atomic mass is 9.73. The highest BCUT2D eigenvalue weighted by Crippen LogP contribution is 2.45. The largest absolute Gasteiger partial charge is 0.458 e. The first kappa shape index (κ1) is 28.0. The number of aromatic nitrogens is 1. The number of ether oxygens (including phenoxy) is 2. The van der Waals surface area contributed by atoms with Gasteiger partial charge in [0, 0.05) is 17.7 Å². The predicted octanol–water partition coefficient (Wildman–Crippen LogP) is 4.48. The van der Waals surface area contributed by atoms with Crippen molar-refractivity contribution < 1.29 is 29.3 Å². The van der Waals surface area contributed by atoms with Gasteiger partial charge >= 0.3 is 5.97 Å². The summed E-state index contributed by atoms with van der Waals surface area (Å²) in [5, 5.41) is 24.6. The molecule has 0 bridgehead atoms. The summed E-state index contributed by atoms with van der Waals surface area (Å²) in [6, 6.07) is 0. The predicted molar refractivity (Wildman–Crippen MR) is 136 cm³/mol. The number of aliphatic hydroxyl groups is 2. The molecule has 7 nitrogen and oxygen atoms in total. The number of aryl methyl sites for hydroxylation is 1. The number of carbonyl (C=O) groups is 2. The molecule has 1 aromatic rings. The lowest BCUT2D eigenvalue weighted by Gasteiger charge is -2.34. The molecule has 1 aromatic heterocycles. The highest BCUT2D eigenvalue weighted by Gasteiger charge is 2.53. The van der Waals surface area contributed by atoms with Crippen LogP contribution in [-0.4, -0.2) is 57.0 Å². The van der Waals surface area contributed by atoms with Gasteiger partial charge in [-0.3, -0.25) is 9.59 Å². The fourth-order valence-electron chi connectivity index (χ4n) is 5.07. The summed E-state index contributed by atoms with van der Waals surface area (Å²) >= 11 is 1.56. The molecule has 1 unspecified atom stereocenters. The van der Waals surface area contributed by atoms with Crippen LogP contribution in [-0.2, 0) is 19.1 Å². The summed E-state index contributed by atoms with van der Waals surface area (Å²) in [5.41, 5.74) is 0.179. The van der Waals surface area contributed by atoms with Crippen LogP contribution in [0.5, 0.6) is 0 Å². The van der Waals surface area contributed by atoms with Crippen molar-refractivity contribution in [1.82, 2.24) is 4.98 Å². The molecule has 3 rings (SSSR count). The number of epoxide rings is 1. The van der Waals surface area contributed by atoms with Gasteiger partial charge in [0.05, 0.1) is 46.5 Å². The second-order valence-corrected chi connectivity index (χ2v) is 12.3. The second-order valence-electron chi connectivity index (χ2n) is 11.3. The van der Waals surface area contributed by atoms with E-state index in [0.717, 1.165) is 35.5 Å². The van der Waals surface area contributed by atoms with Gasteiger partial charge in [-0.2, -0.15) is 0 Å². The Morgan fingerprint density at radius 3 is 2.54 bits per heavy atom. The molecule has 2 aliphatic heterocycles. The first-order valence-corrected chi connectivity index (χ1v) is 13.5. The number of thiazole rings is 1. The van der Waals surface area contributed by atoms with Crippen molar-refractivity contribution in [2.45, 2.75) is 111 Å². The average Bonchev–Trinajstić information content (AvgIpc) is 3.22. The number of aliphatic hydroxyl groups excluding tert-OH is 2. The zero-order valence-corrected chi connectivity index (χ0v) is 22.9. The number of esters is 1. The van der Waals surface area contributed by atoms with Gasteiger partial charge in [-0.1, -0.05) is 34.1 Å². The van der Waals surface area contributed by atoms with Gasteiger partial charge in [0.1, 0.15) is 11.9 Å². The Balaban J connectivity index is 1.85. The SMILES string of the molecule is CC(=Cc1csc(C)n1)[C@@H]1C[C@@H]2OC2(C)CCC[C@H](C)[C@H](O)[C@@H](C)C(=O)C(C)(C)[C@@H](O)CC(=O)O1. The molecule has 8 heteroatoms. The standard InChI is InChI=1S/C27H41NO6S/c1-15-9-8-10-27(7)22(34-27)12-20(16(2)11-19-14-35-18(4)28-19)33-23(30)13-21(29)26(5,6)25(32)17(3)24(15)31/h11,14-15,17,20-22,24,29,31H,8-10,12-13H2,1-7H3/t15-,17+,20-,21-,22-,24-,27?/m0/s1. The van der Waals surface area contributed by atoms with Crippen molar-refractivity contribution in [3.8, 4) is 0 Å². The molecule has 0 radical (unpaired) electrons. The van der Waals surface area contributed by atoms with E-state index >= 15 is 0 Å². The summed E-state index contributed by atoms with van der Waals surface area (Å²) in [7, 11) is 0. The number of hydrogen-bond donors (Lipinski definition) is 2. The van der Waals surface area contributed by atoms with Gasteiger partial charge in [-0.25, -0.2) is 4.98 Å². The third-order valence-electron chi connectivity index (χ3n) is 7.93. The van der Waals surface area contributed by atoms with Crippen molar-refractivity contribution in [3.05, 3.63) is 21.7 Å². The van der Waals surface area contributed by atoms with Crippen LogP contribution in [0.2, 0.25) is 0 Å². The quantitative estimate of drug-likeness (QED) is 0.449. The van der Waals surface area contributed by atoms with Crippen molar-refractivity contribution in [3.63, 3.8) is 0 Å². The van der Waals surface area contributed by atoms with Crippen molar-refractivity contribution in [2.24, 2.45) is 17.3 Å². The number of cyclic esters (lactones) is 1. The number of Topliss-reactive ketones (excluding diaryl/α,β-unsaturated/α-hetero) is 1. The van der Waals surface area contributed by atoms with Crippen LogP contribution in [0.3, 0.4) is 0 Å². The molecular formula is C27H41NO6S. The van der Waals surface area contributed by atoms with Crippen LogP contribution in [0, 0.1) is 24.2 Å². The van der Waals surface area contributed by atoms with E-state index in [1.165, 1.54) is 0 Å². The number of hydrogen-bond acceptors (Lipinski definition) is 8. The van der Waals surface area contributed by atoms with Crippen LogP contribution in [0.1, 0.15) is 84.3 Å². The summed E-state index contributed by atoms with van der Waals surface area (Å²) in [6.45, 7) is 12.8. The zero-order valence-electron chi connectivity index (χ0n) is 22.0. The number of carbonyl (C=O) groups excluding carboxylic acids is 2. The summed E-state index contributed by atoms with van der Waals surface area (Å²) in [6.07, 6.45) is 1.98. The lowest BCUT2D eigenvalue weighted by Crippen LogP contribution is -2.45. The van der Waals surface area contributed by atoms with E-state index in [1.807, 2.05) is 32.2 Å². The van der Waals surface area contributed by atoms with Gasteiger partial charge in [0.15, 0.2) is 0 Å². The number of fused-ring (bicyclic) bond motifs is 1. The van der Waals surface area contributed by atoms with Gasteiger partial charge in [0.25, 0.3) is 0 Å². The normalized spacial score (nSPS) is 37.5. The van der Waals surface area contributed by atoms with Crippen LogP contribution in [0.15, 0.2) is 11.0 Å². The van der Waals surface area contributed by atoms with Gasteiger partial charge in [-0.15, -0.1) is 11.3 Å².